The minimum atomic E-state index is -3.78. The first-order chi connectivity index (χ1) is 12.9. The number of rotatable bonds is 6. The normalized spacial score (nSPS) is 11.1. The third-order valence-electron chi connectivity index (χ3n) is 3.98. The minimum absolute atomic E-state index is 0.0516. The van der Waals surface area contributed by atoms with Crippen LogP contribution in [0.3, 0.4) is 0 Å². The number of pyridine rings is 2. The molecular weight excluding hydrogens is 366 g/mol. The Hall–Kier alpha value is -3.13. The van der Waals surface area contributed by atoms with Gasteiger partial charge >= 0.3 is 0 Å². The molecule has 3 rings (SSSR count). The SMILES string of the molecule is COc1ccc(-c2ccc(C)c(NS(=O)(=O)c3ccc(OC)nc3)c2)nc1. The van der Waals surface area contributed by atoms with E-state index in [0.29, 0.717) is 23.0 Å². The number of sulfonamides is 1. The Morgan fingerprint density at radius 3 is 2.33 bits per heavy atom. The van der Waals surface area contributed by atoms with E-state index in [1.165, 1.54) is 25.4 Å². The Kier molecular flexibility index (Phi) is 5.27. The van der Waals surface area contributed by atoms with Gasteiger partial charge in [-0.2, -0.15) is 0 Å². The smallest absolute Gasteiger partial charge is 0.263 e. The Morgan fingerprint density at radius 2 is 1.74 bits per heavy atom. The monoisotopic (exact) mass is 385 g/mol. The molecule has 0 aliphatic carbocycles. The van der Waals surface area contributed by atoms with Crippen LogP contribution in [0.2, 0.25) is 0 Å². The summed E-state index contributed by atoms with van der Waals surface area (Å²) in [6, 6.07) is 12.0. The Balaban J connectivity index is 1.91. The molecular formula is C19H19N3O4S. The summed E-state index contributed by atoms with van der Waals surface area (Å²) >= 11 is 0. The van der Waals surface area contributed by atoms with E-state index in [2.05, 4.69) is 14.7 Å². The Morgan fingerprint density at radius 1 is 0.926 bits per heavy atom. The van der Waals surface area contributed by atoms with Crippen molar-refractivity contribution in [1.29, 1.82) is 0 Å². The highest BCUT2D eigenvalue weighted by Crippen LogP contribution is 2.27. The largest absolute Gasteiger partial charge is 0.495 e. The summed E-state index contributed by atoms with van der Waals surface area (Å²) in [4.78, 5) is 8.34. The van der Waals surface area contributed by atoms with Crippen LogP contribution in [0.25, 0.3) is 11.3 Å². The zero-order valence-corrected chi connectivity index (χ0v) is 15.9. The van der Waals surface area contributed by atoms with Crippen molar-refractivity contribution in [2.45, 2.75) is 11.8 Å². The minimum Gasteiger partial charge on any atom is -0.495 e. The van der Waals surface area contributed by atoms with Crippen molar-refractivity contribution in [3.63, 3.8) is 0 Å². The second kappa shape index (κ2) is 7.63. The second-order valence-electron chi connectivity index (χ2n) is 5.75. The van der Waals surface area contributed by atoms with Gasteiger partial charge < -0.3 is 9.47 Å². The quantitative estimate of drug-likeness (QED) is 0.700. The molecule has 0 aliphatic rings. The molecule has 1 aromatic carbocycles. The summed E-state index contributed by atoms with van der Waals surface area (Å²) in [5, 5.41) is 0. The topological polar surface area (TPSA) is 90.4 Å². The lowest BCUT2D eigenvalue weighted by Crippen LogP contribution is -2.14. The maximum atomic E-state index is 12.7. The molecule has 0 spiro atoms. The van der Waals surface area contributed by atoms with Gasteiger partial charge in [0.15, 0.2) is 0 Å². The van der Waals surface area contributed by atoms with Crippen LogP contribution >= 0.6 is 0 Å². The fourth-order valence-corrected chi connectivity index (χ4v) is 3.48. The van der Waals surface area contributed by atoms with E-state index in [0.717, 1.165) is 11.1 Å². The van der Waals surface area contributed by atoms with Crippen LogP contribution < -0.4 is 14.2 Å². The molecule has 3 aromatic rings. The third kappa shape index (κ3) is 4.17. The molecule has 0 aliphatic heterocycles. The summed E-state index contributed by atoms with van der Waals surface area (Å²) in [5.74, 6) is 0.997. The average Bonchev–Trinajstić information content (AvgIpc) is 2.69. The van der Waals surface area contributed by atoms with Gasteiger partial charge in [0.05, 0.1) is 38.0 Å². The molecule has 1 N–H and O–H groups in total. The zero-order chi connectivity index (χ0) is 19.4. The van der Waals surface area contributed by atoms with Crippen LogP contribution in [0.1, 0.15) is 5.56 Å². The van der Waals surface area contributed by atoms with E-state index in [1.54, 1.807) is 25.4 Å². The first-order valence-corrected chi connectivity index (χ1v) is 9.55. The molecule has 0 amide bonds. The van der Waals surface area contributed by atoms with Gasteiger partial charge in [-0.25, -0.2) is 13.4 Å². The van der Waals surface area contributed by atoms with Crippen molar-refractivity contribution in [1.82, 2.24) is 9.97 Å². The van der Waals surface area contributed by atoms with Gasteiger partial charge in [-0.15, -0.1) is 0 Å². The van der Waals surface area contributed by atoms with Gasteiger partial charge in [0, 0.05) is 11.6 Å². The summed E-state index contributed by atoms with van der Waals surface area (Å²) < 4.78 is 38.0. The lowest BCUT2D eigenvalue weighted by Gasteiger charge is -2.12. The van der Waals surface area contributed by atoms with Crippen molar-refractivity contribution in [3.8, 4) is 22.9 Å². The number of ether oxygens (including phenoxy) is 2. The number of aryl methyl sites for hydroxylation is 1. The first kappa shape index (κ1) is 18.7. The van der Waals surface area contributed by atoms with Gasteiger partial charge in [-0.3, -0.25) is 9.71 Å². The van der Waals surface area contributed by atoms with Crippen molar-refractivity contribution < 1.29 is 17.9 Å². The van der Waals surface area contributed by atoms with Crippen LogP contribution in [0.15, 0.2) is 59.8 Å². The molecule has 2 aromatic heterocycles. The molecule has 7 nitrogen and oxygen atoms in total. The molecule has 0 bridgehead atoms. The van der Waals surface area contributed by atoms with E-state index in [4.69, 9.17) is 9.47 Å². The number of benzene rings is 1. The van der Waals surface area contributed by atoms with E-state index in [1.807, 2.05) is 25.1 Å². The van der Waals surface area contributed by atoms with E-state index >= 15 is 0 Å². The van der Waals surface area contributed by atoms with Crippen LogP contribution in [-0.2, 0) is 10.0 Å². The van der Waals surface area contributed by atoms with Gasteiger partial charge in [0.2, 0.25) is 5.88 Å². The highest BCUT2D eigenvalue weighted by Gasteiger charge is 2.16. The molecule has 0 atom stereocenters. The highest BCUT2D eigenvalue weighted by molar-refractivity contribution is 7.92. The predicted octanol–water partition coefficient (Wildman–Crippen LogP) is 3.27. The molecule has 27 heavy (non-hydrogen) atoms. The molecule has 140 valence electrons. The van der Waals surface area contributed by atoms with E-state index < -0.39 is 10.0 Å². The van der Waals surface area contributed by atoms with Crippen molar-refractivity contribution in [3.05, 3.63) is 60.4 Å². The fraction of sp³-hybridized carbons (Fsp3) is 0.158. The van der Waals surface area contributed by atoms with Crippen LogP contribution in [0.4, 0.5) is 5.69 Å². The van der Waals surface area contributed by atoms with Crippen molar-refractivity contribution in [2.24, 2.45) is 0 Å². The molecule has 0 saturated carbocycles. The number of hydrogen-bond acceptors (Lipinski definition) is 6. The number of nitrogens with zero attached hydrogens (tertiary/aromatic N) is 2. The summed E-state index contributed by atoms with van der Waals surface area (Å²) in [5.41, 5.74) is 2.76. The number of methoxy groups -OCH3 is 2. The second-order valence-corrected chi connectivity index (χ2v) is 7.44. The molecule has 0 radical (unpaired) electrons. The van der Waals surface area contributed by atoms with Gasteiger partial charge in [-0.05, 0) is 36.8 Å². The fourth-order valence-electron chi connectivity index (χ4n) is 2.41. The van der Waals surface area contributed by atoms with Gasteiger partial charge in [0.1, 0.15) is 10.6 Å². The molecule has 0 saturated heterocycles. The summed E-state index contributed by atoms with van der Waals surface area (Å²) in [7, 11) is -0.737. The Bertz CT molecular complexity index is 1030. The maximum Gasteiger partial charge on any atom is 0.263 e. The number of nitrogens with one attached hydrogen (secondary N) is 1. The van der Waals surface area contributed by atoms with Crippen LogP contribution in [0, 0.1) is 6.92 Å². The van der Waals surface area contributed by atoms with Crippen molar-refractivity contribution in [2.75, 3.05) is 18.9 Å². The molecule has 0 unspecified atom stereocenters. The summed E-state index contributed by atoms with van der Waals surface area (Å²) in [6.07, 6.45) is 2.87. The predicted molar refractivity (Wildman–Crippen MR) is 103 cm³/mol. The number of aromatic nitrogens is 2. The highest BCUT2D eigenvalue weighted by atomic mass is 32.2. The molecule has 0 fully saturated rings. The average molecular weight is 385 g/mol. The standard InChI is InChI=1S/C19H19N3O4S/c1-13-4-5-14(17-8-6-15(25-2)11-20-17)10-18(13)22-27(23,24)16-7-9-19(26-3)21-12-16/h4-12,22H,1-3H3. The lowest BCUT2D eigenvalue weighted by atomic mass is 10.1. The number of hydrogen-bond donors (Lipinski definition) is 1. The summed E-state index contributed by atoms with van der Waals surface area (Å²) in [6.45, 7) is 1.83. The lowest BCUT2D eigenvalue weighted by molar-refractivity contribution is 0.397. The van der Waals surface area contributed by atoms with Crippen LogP contribution in [-0.4, -0.2) is 32.6 Å². The molecule has 8 heteroatoms. The van der Waals surface area contributed by atoms with Crippen molar-refractivity contribution >= 4 is 15.7 Å². The van der Waals surface area contributed by atoms with Crippen LogP contribution in [0.5, 0.6) is 11.6 Å². The maximum absolute atomic E-state index is 12.7. The third-order valence-corrected chi connectivity index (χ3v) is 5.33. The first-order valence-electron chi connectivity index (χ1n) is 8.07. The number of anilines is 1. The van der Waals surface area contributed by atoms with E-state index in [9.17, 15) is 8.42 Å². The zero-order valence-electron chi connectivity index (χ0n) is 15.1. The van der Waals surface area contributed by atoms with E-state index in [-0.39, 0.29) is 4.90 Å². The molecule has 2 heterocycles. The van der Waals surface area contributed by atoms with Gasteiger partial charge in [-0.1, -0.05) is 12.1 Å². The Labute approximate surface area is 158 Å². The van der Waals surface area contributed by atoms with Gasteiger partial charge in [0.25, 0.3) is 10.0 Å².